The molecule has 0 amide bonds. The minimum Gasteiger partial charge on any atom is -0.319 e. The summed E-state index contributed by atoms with van der Waals surface area (Å²) in [5, 5.41) is 3.15. The second-order valence-electron chi connectivity index (χ2n) is 5.74. The highest BCUT2D eigenvalue weighted by Crippen LogP contribution is 2.20. The highest BCUT2D eigenvalue weighted by molar-refractivity contribution is 7.87. The molecule has 1 heterocycles. The van der Waals surface area contributed by atoms with E-state index in [0.717, 1.165) is 25.8 Å². The molecule has 1 rings (SSSR count). The van der Waals surface area contributed by atoms with Crippen LogP contribution in [0.15, 0.2) is 0 Å². The number of hydrogen-bond acceptors (Lipinski definition) is 3. The van der Waals surface area contributed by atoms with Gasteiger partial charge in [0, 0.05) is 18.6 Å². The number of piperidine rings is 1. The third kappa shape index (κ3) is 4.50. The van der Waals surface area contributed by atoms with Gasteiger partial charge in [0.15, 0.2) is 0 Å². The summed E-state index contributed by atoms with van der Waals surface area (Å²) in [5.74, 6) is 0.598. The summed E-state index contributed by atoms with van der Waals surface area (Å²) < 4.78 is 28.8. The van der Waals surface area contributed by atoms with E-state index in [1.54, 1.807) is 4.31 Å². The molecule has 2 N–H and O–H groups in total. The number of rotatable bonds is 6. The van der Waals surface area contributed by atoms with Gasteiger partial charge in [-0.1, -0.05) is 6.92 Å². The Morgan fingerprint density at radius 1 is 1.28 bits per heavy atom. The zero-order valence-electron chi connectivity index (χ0n) is 12.0. The van der Waals surface area contributed by atoms with Gasteiger partial charge in [-0.3, -0.25) is 0 Å². The van der Waals surface area contributed by atoms with Crippen LogP contribution >= 0.6 is 0 Å². The van der Waals surface area contributed by atoms with Gasteiger partial charge in [0.25, 0.3) is 10.2 Å². The Morgan fingerprint density at radius 2 is 1.83 bits per heavy atom. The van der Waals surface area contributed by atoms with Gasteiger partial charge in [-0.25, -0.2) is 0 Å². The van der Waals surface area contributed by atoms with Crippen LogP contribution in [0.2, 0.25) is 0 Å². The summed E-state index contributed by atoms with van der Waals surface area (Å²) in [6.45, 7) is 8.04. The van der Waals surface area contributed by atoms with Crippen LogP contribution in [0.3, 0.4) is 0 Å². The van der Waals surface area contributed by atoms with Crippen LogP contribution in [0.5, 0.6) is 0 Å². The molecule has 0 aromatic rings. The normalized spacial score (nSPS) is 20.2. The second kappa shape index (κ2) is 6.32. The van der Waals surface area contributed by atoms with Crippen LogP contribution < -0.4 is 10.0 Å². The molecule has 0 bridgehead atoms. The first-order chi connectivity index (χ1) is 8.30. The number of nitrogens with one attached hydrogen (secondary N) is 2. The first-order valence-electron chi connectivity index (χ1n) is 6.74. The molecule has 0 radical (unpaired) electrons. The minimum absolute atomic E-state index is 0.374. The van der Waals surface area contributed by atoms with E-state index in [4.69, 9.17) is 0 Å². The van der Waals surface area contributed by atoms with Crippen molar-refractivity contribution in [1.29, 1.82) is 0 Å². The van der Waals surface area contributed by atoms with Crippen molar-refractivity contribution in [3.8, 4) is 0 Å². The predicted molar refractivity (Wildman–Crippen MR) is 74.6 cm³/mol. The molecular weight excluding hydrogens is 250 g/mol. The van der Waals surface area contributed by atoms with E-state index in [2.05, 4.69) is 10.0 Å². The predicted octanol–water partition coefficient (Wildman–Crippen LogP) is 0.941. The zero-order valence-corrected chi connectivity index (χ0v) is 12.8. The Labute approximate surface area is 112 Å². The van der Waals surface area contributed by atoms with Gasteiger partial charge in [-0.2, -0.15) is 17.4 Å². The summed E-state index contributed by atoms with van der Waals surface area (Å²) in [6, 6.07) is 0. The average molecular weight is 277 g/mol. The van der Waals surface area contributed by atoms with Crippen molar-refractivity contribution in [2.75, 3.05) is 26.7 Å². The molecule has 108 valence electrons. The fourth-order valence-corrected chi connectivity index (χ4v) is 3.79. The van der Waals surface area contributed by atoms with Crippen LogP contribution in [0.1, 0.15) is 40.0 Å². The van der Waals surface area contributed by atoms with Crippen LogP contribution in [-0.2, 0) is 10.2 Å². The molecule has 0 aliphatic carbocycles. The first kappa shape index (κ1) is 15.9. The summed E-state index contributed by atoms with van der Waals surface area (Å²) in [5.41, 5.74) is -0.374. The average Bonchev–Trinajstić information content (AvgIpc) is 2.29. The van der Waals surface area contributed by atoms with Gasteiger partial charge in [0.2, 0.25) is 0 Å². The van der Waals surface area contributed by atoms with Crippen molar-refractivity contribution in [1.82, 2.24) is 14.3 Å². The van der Waals surface area contributed by atoms with E-state index >= 15 is 0 Å². The summed E-state index contributed by atoms with van der Waals surface area (Å²) in [7, 11) is -1.39. The second-order valence-corrected chi connectivity index (χ2v) is 7.42. The molecule has 0 spiro atoms. The molecule has 1 aliphatic heterocycles. The third-order valence-electron chi connectivity index (χ3n) is 3.70. The lowest BCUT2D eigenvalue weighted by Gasteiger charge is -2.34. The molecule has 1 fully saturated rings. The Morgan fingerprint density at radius 3 is 2.28 bits per heavy atom. The van der Waals surface area contributed by atoms with Crippen molar-refractivity contribution < 1.29 is 8.42 Å². The van der Waals surface area contributed by atoms with Crippen LogP contribution in [0.4, 0.5) is 0 Å². The number of nitrogens with zero attached hydrogens (tertiary/aromatic N) is 1. The lowest BCUT2D eigenvalue weighted by Crippen LogP contribution is -2.52. The minimum atomic E-state index is -3.33. The molecule has 1 aliphatic rings. The van der Waals surface area contributed by atoms with E-state index in [0.29, 0.717) is 19.0 Å². The van der Waals surface area contributed by atoms with Crippen LogP contribution in [-0.4, -0.2) is 44.9 Å². The number of hydrogen-bond donors (Lipinski definition) is 2. The molecule has 18 heavy (non-hydrogen) atoms. The lowest BCUT2D eigenvalue weighted by molar-refractivity contribution is 0.263. The van der Waals surface area contributed by atoms with Crippen molar-refractivity contribution >= 4 is 10.2 Å². The molecule has 1 saturated heterocycles. The molecule has 0 aromatic carbocycles. The Hall–Kier alpha value is -0.170. The monoisotopic (exact) mass is 277 g/mol. The van der Waals surface area contributed by atoms with Gasteiger partial charge < -0.3 is 5.32 Å². The maximum absolute atomic E-state index is 12.2. The third-order valence-corrected chi connectivity index (χ3v) is 5.55. The maximum Gasteiger partial charge on any atom is 0.279 e. The molecule has 0 atom stereocenters. The quantitative estimate of drug-likeness (QED) is 0.759. The lowest BCUT2D eigenvalue weighted by atomic mass is 9.98. The molecule has 6 heteroatoms. The Balaban J connectivity index is 2.56. The van der Waals surface area contributed by atoms with Gasteiger partial charge in [0.05, 0.1) is 0 Å². The standard InChI is InChI=1S/C12H27N3O2S/c1-5-12(2,3)14-18(16,17)15-8-6-11(7-9-15)10-13-4/h11,13-14H,5-10H2,1-4H3. The first-order valence-corrected chi connectivity index (χ1v) is 8.18. The molecular formula is C12H27N3O2S. The molecule has 0 saturated carbocycles. The maximum atomic E-state index is 12.2. The fraction of sp³-hybridized carbons (Fsp3) is 1.00. The zero-order chi connectivity index (χ0) is 13.8. The van der Waals surface area contributed by atoms with Crippen molar-refractivity contribution in [2.45, 2.75) is 45.6 Å². The Bertz CT molecular complexity index is 346. The fourth-order valence-electron chi connectivity index (χ4n) is 2.13. The van der Waals surface area contributed by atoms with E-state index in [-0.39, 0.29) is 5.54 Å². The summed E-state index contributed by atoms with van der Waals surface area (Å²) in [4.78, 5) is 0. The van der Waals surface area contributed by atoms with Crippen molar-refractivity contribution in [3.05, 3.63) is 0 Å². The van der Waals surface area contributed by atoms with Crippen LogP contribution in [0.25, 0.3) is 0 Å². The summed E-state index contributed by atoms with van der Waals surface area (Å²) >= 11 is 0. The van der Waals surface area contributed by atoms with E-state index in [1.165, 1.54) is 0 Å². The Kier molecular flexibility index (Phi) is 5.58. The van der Waals surface area contributed by atoms with E-state index in [9.17, 15) is 8.42 Å². The van der Waals surface area contributed by atoms with E-state index < -0.39 is 10.2 Å². The molecule has 0 aromatic heterocycles. The van der Waals surface area contributed by atoms with Gasteiger partial charge in [0.1, 0.15) is 0 Å². The van der Waals surface area contributed by atoms with Gasteiger partial charge >= 0.3 is 0 Å². The topological polar surface area (TPSA) is 61.4 Å². The molecule has 0 unspecified atom stereocenters. The van der Waals surface area contributed by atoms with Gasteiger partial charge in [-0.05, 0) is 52.6 Å². The van der Waals surface area contributed by atoms with Crippen molar-refractivity contribution in [2.24, 2.45) is 5.92 Å². The smallest absolute Gasteiger partial charge is 0.279 e. The molecule has 5 nitrogen and oxygen atoms in total. The highest BCUT2D eigenvalue weighted by Gasteiger charge is 2.31. The van der Waals surface area contributed by atoms with Crippen LogP contribution in [0, 0.1) is 5.92 Å². The highest BCUT2D eigenvalue weighted by atomic mass is 32.2. The summed E-state index contributed by atoms with van der Waals surface area (Å²) in [6.07, 6.45) is 2.66. The largest absolute Gasteiger partial charge is 0.319 e. The van der Waals surface area contributed by atoms with Crippen molar-refractivity contribution in [3.63, 3.8) is 0 Å². The van der Waals surface area contributed by atoms with E-state index in [1.807, 2.05) is 27.8 Å². The van der Waals surface area contributed by atoms with Gasteiger partial charge in [-0.15, -0.1) is 0 Å². The SMILES string of the molecule is CCC(C)(C)NS(=O)(=O)N1CCC(CNC)CC1.